The van der Waals surface area contributed by atoms with Gasteiger partial charge in [-0.15, -0.1) is 11.6 Å². The molecule has 2 aromatic rings. The Balaban J connectivity index is 2.00. The van der Waals surface area contributed by atoms with Gasteiger partial charge in [0.1, 0.15) is 5.82 Å². The minimum atomic E-state index is -0.406. The molecule has 1 aliphatic rings. The van der Waals surface area contributed by atoms with Crippen molar-refractivity contribution in [2.75, 3.05) is 0 Å². The van der Waals surface area contributed by atoms with Gasteiger partial charge >= 0.3 is 0 Å². The Morgan fingerprint density at radius 2 is 2.00 bits per heavy atom. The fourth-order valence-electron chi connectivity index (χ4n) is 3.06. The maximum atomic E-state index is 14.2. The van der Waals surface area contributed by atoms with E-state index in [1.807, 2.05) is 12.1 Å². The Kier molecular flexibility index (Phi) is 4.58. The Morgan fingerprint density at radius 3 is 2.81 bits per heavy atom. The molecule has 0 saturated carbocycles. The van der Waals surface area contributed by atoms with Gasteiger partial charge in [0.25, 0.3) is 0 Å². The highest BCUT2D eigenvalue weighted by atomic mass is 79.9. The van der Waals surface area contributed by atoms with Gasteiger partial charge in [-0.25, -0.2) is 4.39 Å². The van der Waals surface area contributed by atoms with Crippen molar-refractivity contribution in [3.8, 4) is 0 Å². The number of aryl methyl sites for hydroxylation is 1. The minimum Gasteiger partial charge on any atom is -0.207 e. The Bertz CT molecular complexity index is 672. The van der Waals surface area contributed by atoms with Crippen LogP contribution in [0.25, 0.3) is 0 Å². The Hall–Kier alpha value is -0.570. The molecule has 2 aromatic carbocycles. The number of hydrogen-bond acceptors (Lipinski definition) is 0. The molecule has 4 heteroatoms. The second-order valence-corrected chi connectivity index (χ2v) is 7.12. The lowest BCUT2D eigenvalue weighted by molar-refractivity contribution is 0.519. The Morgan fingerprint density at radius 1 is 1.24 bits per heavy atom. The first-order chi connectivity index (χ1) is 10.1. The summed E-state index contributed by atoms with van der Waals surface area (Å²) in [6, 6.07) is 11.3. The van der Waals surface area contributed by atoms with Gasteiger partial charge in [0.15, 0.2) is 0 Å². The van der Waals surface area contributed by atoms with Crippen LogP contribution in [-0.2, 0) is 6.42 Å². The van der Waals surface area contributed by atoms with Crippen LogP contribution in [0.15, 0.2) is 40.9 Å². The van der Waals surface area contributed by atoms with E-state index in [4.69, 9.17) is 23.2 Å². The van der Waals surface area contributed by atoms with Crippen LogP contribution in [0.1, 0.15) is 40.8 Å². The molecule has 1 aliphatic carbocycles. The van der Waals surface area contributed by atoms with Crippen LogP contribution in [0.3, 0.4) is 0 Å². The van der Waals surface area contributed by atoms with Crippen molar-refractivity contribution >= 4 is 39.1 Å². The lowest BCUT2D eigenvalue weighted by Gasteiger charge is -2.29. The van der Waals surface area contributed by atoms with Gasteiger partial charge in [-0.3, -0.25) is 0 Å². The first-order valence-corrected chi connectivity index (χ1v) is 8.55. The van der Waals surface area contributed by atoms with Crippen molar-refractivity contribution in [3.63, 3.8) is 0 Å². The number of benzene rings is 2. The van der Waals surface area contributed by atoms with Crippen LogP contribution >= 0.6 is 39.1 Å². The van der Waals surface area contributed by atoms with Crippen molar-refractivity contribution in [1.82, 2.24) is 0 Å². The maximum absolute atomic E-state index is 14.2. The third-order valence-corrected chi connectivity index (χ3v) is 5.84. The molecular weight excluding hydrogens is 374 g/mol. The van der Waals surface area contributed by atoms with Crippen molar-refractivity contribution in [2.45, 2.75) is 30.6 Å². The second kappa shape index (κ2) is 6.28. The van der Waals surface area contributed by atoms with Gasteiger partial charge in [0.05, 0.1) is 10.4 Å². The van der Waals surface area contributed by atoms with Gasteiger partial charge < -0.3 is 0 Å². The molecule has 0 aliphatic heterocycles. The largest absolute Gasteiger partial charge is 0.207 e. The molecule has 0 heterocycles. The number of alkyl halides is 1. The van der Waals surface area contributed by atoms with E-state index in [-0.39, 0.29) is 11.7 Å². The summed E-state index contributed by atoms with van der Waals surface area (Å²) in [4.78, 5) is 0. The van der Waals surface area contributed by atoms with E-state index in [9.17, 15) is 4.39 Å². The van der Waals surface area contributed by atoms with Crippen LogP contribution in [-0.4, -0.2) is 0 Å². The number of rotatable bonds is 2. The van der Waals surface area contributed by atoms with E-state index in [0.29, 0.717) is 15.1 Å². The number of halogens is 4. The second-order valence-electron chi connectivity index (χ2n) is 5.39. The van der Waals surface area contributed by atoms with E-state index >= 15 is 0 Å². The van der Waals surface area contributed by atoms with Crippen LogP contribution in [0.4, 0.5) is 4.39 Å². The summed E-state index contributed by atoms with van der Waals surface area (Å²) >= 11 is 16.0. The van der Waals surface area contributed by atoms with E-state index in [1.54, 1.807) is 6.07 Å². The van der Waals surface area contributed by atoms with Gasteiger partial charge in [-0.05, 0) is 58.5 Å². The fraction of sp³-hybridized carbons (Fsp3) is 0.294. The van der Waals surface area contributed by atoms with Crippen molar-refractivity contribution in [3.05, 3.63) is 68.4 Å². The predicted octanol–water partition coefficient (Wildman–Crippen LogP) is 6.64. The zero-order chi connectivity index (χ0) is 15.0. The lowest BCUT2D eigenvalue weighted by atomic mass is 9.79. The molecule has 2 unspecified atom stereocenters. The molecule has 2 atom stereocenters. The number of hydrogen-bond donors (Lipinski definition) is 0. The third kappa shape index (κ3) is 2.99. The van der Waals surface area contributed by atoms with Gasteiger partial charge in [-0.2, -0.15) is 0 Å². The third-order valence-electron chi connectivity index (χ3n) is 4.11. The fourth-order valence-corrected chi connectivity index (χ4v) is 3.98. The molecule has 0 nitrogen and oxygen atoms in total. The molecule has 21 heavy (non-hydrogen) atoms. The first-order valence-electron chi connectivity index (χ1n) is 6.94. The summed E-state index contributed by atoms with van der Waals surface area (Å²) < 4.78 is 14.8. The number of fused-ring (bicyclic) bond motifs is 1. The maximum Gasteiger partial charge on any atom is 0.129 e. The minimum absolute atomic E-state index is 0.128. The molecule has 0 spiro atoms. The summed E-state index contributed by atoms with van der Waals surface area (Å²) in [5, 5.41) is 0.0817. The molecular formula is C17H14BrCl2F. The molecule has 0 aromatic heterocycles. The zero-order valence-corrected chi connectivity index (χ0v) is 14.3. The molecule has 0 fully saturated rings. The van der Waals surface area contributed by atoms with E-state index in [2.05, 4.69) is 28.1 Å². The average Bonchev–Trinajstić information content (AvgIpc) is 2.49. The van der Waals surface area contributed by atoms with Crippen LogP contribution in [0.5, 0.6) is 0 Å². The van der Waals surface area contributed by atoms with Crippen molar-refractivity contribution in [1.29, 1.82) is 0 Å². The van der Waals surface area contributed by atoms with E-state index < -0.39 is 5.38 Å². The predicted molar refractivity (Wildman–Crippen MR) is 89.8 cm³/mol. The molecule has 3 rings (SSSR count). The highest BCUT2D eigenvalue weighted by molar-refractivity contribution is 9.10. The quantitative estimate of drug-likeness (QED) is 0.400. The molecule has 0 bridgehead atoms. The van der Waals surface area contributed by atoms with Crippen LogP contribution < -0.4 is 0 Å². The summed E-state index contributed by atoms with van der Waals surface area (Å²) in [5.74, 6) is -0.183. The van der Waals surface area contributed by atoms with Gasteiger partial charge in [0, 0.05) is 16.0 Å². The first kappa shape index (κ1) is 15.3. The smallest absolute Gasteiger partial charge is 0.129 e. The monoisotopic (exact) mass is 386 g/mol. The molecule has 110 valence electrons. The van der Waals surface area contributed by atoms with Gasteiger partial charge in [-0.1, -0.05) is 35.9 Å². The summed E-state index contributed by atoms with van der Waals surface area (Å²) in [6.45, 7) is 0. The topological polar surface area (TPSA) is 0 Å². The standard InChI is InChI=1S/C17H14BrCl2F/c18-14-9-16(21)13(8-15(14)19)17(20)12-7-3-5-10-4-1-2-6-11(10)12/h1-2,4,6,8-9,12,17H,3,5,7H2. The molecule has 0 amide bonds. The molecule has 0 radical (unpaired) electrons. The SMILES string of the molecule is Fc1cc(Br)c(Cl)cc1C(Cl)C1CCCc2ccccc21. The highest BCUT2D eigenvalue weighted by Crippen LogP contribution is 2.45. The highest BCUT2D eigenvalue weighted by Gasteiger charge is 2.29. The van der Waals surface area contributed by atoms with Crippen molar-refractivity contribution < 1.29 is 4.39 Å². The van der Waals surface area contributed by atoms with Crippen molar-refractivity contribution in [2.24, 2.45) is 0 Å². The average molecular weight is 388 g/mol. The lowest BCUT2D eigenvalue weighted by Crippen LogP contribution is -2.15. The van der Waals surface area contributed by atoms with Gasteiger partial charge in [0.2, 0.25) is 0 Å². The summed E-state index contributed by atoms with van der Waals surface area (Å²) in [6.07, 6.45) is 3.12. The molecule has 0 saturated heterocycles. The van der Waals surface area contributed by atoms with E-state index in [1.165, 1.54) is 17.2 Å². The summed E-state index contributed by atoms with van der Waals surface area (Å²) in [7, 11) is 0. The zero-order valence-electron chi connectivity index (χ0n) is 11.3. The van der Waals surface area contributed by atoms with Crippen LogP contribution in [0, 0.1) is 5.82 Å². The van der Waals surface area contributed by atoms with E-state index in [0.717, 1.165) is 19.3 Å². The van der Waals surface area contributed by atoms with Crippen LogP contribution in [0.2, 0.25) is 5.02 Å². The normalized spacial score (nSPS) is 19.1. The Labute approximate surface area is 142 Å². The molecule has 0 N–H and O–H groups in total. The summed E-state index contributed by atoms with van der Waals surface area (Å²) in [5.41, 5.74) is 3.04.